The third kappa shape index (κ3) is 2.20. The molecule has 0 atom stereocenters. The van der Waals surface area contributed by atoms with Gasteiger partial charge in [0.2, 0.25) is 0 Å². The lowest BCUT2D eigenvalue weighted by atomic mass is 10.2. The van der Waals surface area contributed by atoms with Crippen molar-refractivity contribution in [2.24, 2.45) is 0 Å². The van der Waals surface area contributed by atoms with Crippen LogP contribution >= 0.6 is 0 Å². The lowest BCUT2D eigenvalue weighted by Gasteiger charge is -2.09. The summed E-state index contributed by atoms with van der Waals surface area (Å²) in [5.74, 6) is 0.319. The fourth-order valence-electron chi connectivity index (χ4n) is 1.84. The minimum Gasteiger partial charge on any atom is -0.453 e. The van der Waals surface area contributed by atoms with Crippen molar-refractivity contribution < 1.29 is 9.13 Å². The van der Waals surface area contributed by atoms with Crippen LogP contribution in [-0.4, -0.2) is 4.98 Å². The molecule has 0 fully saturated rings. The number of aromatic nitrogens is 1. The molecule has 94 valence electrons. The average molecular weight is 254 g/mol. The lowest BCUT2D eigenvalue weighted by Crippen LogP contribution is -1.95. The fraction of sp³-hybridized carbons (Fsp3) is 0. The zero-order valence-electron chi connectivity index (χ0n) is 10.0. The van der Waals surface area contributed by atoms with Crippen molar-refractivity contribution in [3.05, 3.63) is 60.5 Å². The number of hydrogen-bond acceptors (Lipinski definition) is 3. The topological polar surface area (TPSA) is 48.1 Å². The maximum absolute atomic E-state index is 13.3. The molecule has 1 aromatic heterocycles. The van der Waals surface area contributed by atoms with Gasteiger partial charge in [-0.2, -0.15) is 0 Å². The normalized spacial score (nSPS) is 10.6. The summed E-state index contributed by atoms with van der Waals surface area (Å²) in [6, 6.07) is 14.0. The van der Waals surface area contributed by atoms with Gasteiger partial charge < -0.3 is 10.5 Å². The van der Waals surface area contributed by atoms with E-state index < -0.39 is 5.82 Å². The Kier molecular flexibility index (Phi) is 2.76. The number of rotatable bonds is 2. The maximum Gasteiger partial charge on any atom is 0.153 e. The first-order valence-electron chi connectivity index (χ1n) is 5.81. The standard InChI is InChI=1S/C15H11FN2O/c16-12-5-3-7-14(15(12)17)19-11-8-10-4-1-2-6-13(10)18-9-11/h1-9H,17H2. The molecule has 0 unspecified atom stereocenters. The van der Waals surface area contributed by atoms with Gasteiger partial charge in [-0.05, 0) is 24.3 Å². The highest BCUT2D eigenvalue weighted by atomic mass is 19.1. The van der Waals surface area contributed by atoms with Crippen molar-refractivity contribution in [3.8, 4) is 11.5 Å². The highest BCUT2D eigenvalue weighted by molar-refractivity contribution is 5.79. The van der Waals surface area contributed by atoms with Gasteiger partial charge in [0.15, 0.2) is 5.75 Å². The Hall–Kier alpha value is -2.62. The summed E-state index contributed by atoms with van der Waals surface area (Å²) in [5, 5.41) is 0.954. The number of anilines is 1. The summed E-state index contributed by atoms with van der Waals surface area (Å²) in [6.45, 7) is 0. The van der Waals surface area contributed by atoms with Crippen LogP contribution in [0.3, 0.4) is 0 Å². The molecule has 0 spiro atoms. The van der Waals surface area contributed by atoms with E-state index in [-0.39, 0.29) is 11.4 Å². The Morgan fingerprint density at radius 3 is 2.79 bits per heavy atom. The Balaban J connectivity index is 1.99. The summed E-state index contributed by atoms with van der Waals surface area (Å²) in [7, 11) is 0. The van der Waals surface area contributed by atoms with E-state index in [0.29, 0.717) is 5.75 Å². The Bertz CT molecular complexity index is 743. The molecule has 0 radical (unpaired) electrons. The van der Waals surface area contributed by atoms with Gasteiger partial charge in [0.05, 0.1) is 11.7 Å². The van der Waals surface area contributed by atoms with Crippen molar-refractivity contribution in [2.45, 2.75) is 0 Å². The van der Waals surface area contributed by atoms with E-state index in [4.69, 9.17) is 10.5 Å². The highest BCUT2D eigenvalue weighted by Crippen LogP contribution is 2.29. The van der Waals surface area contributed by atoms with Crippen molar-refractivity contribution in [3.63, 3.8) is 0 Å². The monoisotopic (exact) mass is 254 g/mol. The van der Waals surface area contributed by atoms with Gasteiger partial charge in [-0.3, -0.25) is 4.98 Å². The van der Waals surface area contributed by atoms with Gasteiger partial charge in [0.25, 0.3) is 0 Å². The molecule has 1 heterocycles. The third-order valence-corrected chi connectivity index (χ3v) is 2.81. The van der Waals surface area contributed by atoms with E-state index in [9.17, 15) is 4.39 Å². The van der Waals surface area contributed by atoms with Crippen molar-refractivity contribution in [1.29, 1.82) is 0 Å². The predicted octanol–water partition coefficient (Wildman–Crippen LogP) is 3.75. The number of fused-ring (bicyclic) bond motifs is 1. The molecule has 0 amide bonds. The number of halogens is 1. The van der Waals surface area contributed by atoms with E-state index in [1.54, 1.807) is 18.3 Å². The van der Waals surface area contributed by atoms with Crippen LogP contribution in [0.2, 0.25) is 0 Å². The third-order valence-electron chi connectivity index (χ3n) is 2.81. The number of ether oxygens (including phenoxy) is 1. The van der Waals surface area contributed by atoms with E-state index in [2.05, 4.69) is 4.98 Å². The summed E-state index contributed by atoms with van der Waals surface area (Å²) in [5.41, 5.74) is 6.50. The van der Waals surface area contributed by atoms with Gasteiger partial charge in [0.1, 0.15) is 17.3 Å². The van der Waals surface area contributed by atoms with Crippen molar-refractivity contribution in [2.75, 3.05) is 5.73 Å². The molecule has 2 N–H and O–H groups in total. The molecule has 2 aromatic carbocycles. The number of nitrogens with two attached hydrogens (primary N) is 1. The second-order valence-electron chi connectivity index (χ2n) is 4.12. The van der Waals surface area contributed by atoms with Crippen molar-refractivity contribution >= 4 is 16.6 Å². The first-order valence-corrected chi connectivity index (χ1v) is 5.81. The molecule has 3 nitrogen and oxygen atoms in total. The zero-order chi connectivity index (χ0) is 13.2. The number of pyridine rings is 1. The van der Waals surface area contributed by atoms with E-state index in [1.807, 2.05) is 30.3 Å². The predicted molar refractivity (Wildman–Crippen MR) is 72.6 cm³/mol. The Morgan fingerprint density at radius 1 is 1.05 bits per heavy atom. The number of hydrogen-bond donors (Lipinski definition) is 1. The summed E-state index contributed by atoms with van der Waals surface area (Å²) in [6.07, 6.45) is 1.59. The van der Waals surface area contributed by atoms with Crippen LogP contribution in [0.4, 0.5) is 10.1 Å². The summed E-state index contributed by atoms with van der Waals surface area (Å²) in [4.78, 5) is 4.27. The molecule has 0 saturated heterocycles. The average Bonchev–Trinajstić information content (AvgIpc) is 2.44. The molecule has 0 bridgehead atoms. The lowest BCUT2D eigenvalue weighted by molar-refractivity contribution is 0.479. The van der Waals surface area contributed by atoms with E-state index in [1.165, 1.54) is 6.07 Å². The first-order chi connectivity index (χ1) is 9.24. The molecule has 0 aliphatic carbocycles. The van der Waals surface area contributed by atoms with E-state index >= 15 is 0 Å². The molecule has 0 aliphatic heterocycles. The summed E-state index contributed by atoms with van der Waals surface area (Å²) >= 11 is 0. The SMILES string of the molecule is Nc1c(F)cccc1Oc1cnc2ccccc2c1. The second-order valence-corrected chi connectivity index (χ2v) is 4.12. The highest BCUT2D eigenvalue weighted by Gasteiger charge is 2.07. The molecule has 4 heteroatoms. The molecule has 0 saturated carbocycles. The summed E-state index contributed by atoms with van der Waals surface area (Å²) < 4.78 is 18.9. The quantitative estimate of drug-likeness (QED) is 0.708. The van der Waals surface area contributed by atoms with Gasteiger partial charge >= 0.3 is 0 Å². The van der Waals surface area contributed by atoms with Crippen LogP contribution in [0.25, 0.3) is 10.9 Å². The van der Waals surface area contributed by atoms with E-state index in [0.717, 1.165) is 10.9 Å². The second kappa shape index (κ2) is 4.57. The molecule has 3 aromatic rings. The van der Waals surface area contributed by atoms with Gasteiger partial charge in [0, 0.05) is 5.39 Å². The molecular formula is C15H11FN2O. The fourth-order valence-corrected chi connectivity index (χ4v) is 1.84. The first kappa shape index (κ1) is 11.5. The Morgan fingerprint density at radius 2 is 1.89 bits per heavy atom. The molecule has 0 aliphatic rings. The zero-order valence-corrected chi connectivity index (χ0v) is 10.0. The van der Waals surface area contributed by atoms with Gasteiger partial charge in [-0.25, -0.2) is 4.39 Å². The maximum atomic E-state index is 13.3. The largest absolute Gasteiger partial charge is 0.453 e. The number of nitrogen functional groups attached to an aromatic ring is 1. The minimum absolute atomic E-state index is 0.00402. The number of nitrogens with zero attached hydrogens (tertiary/aromatic N) is 1. The van der Waals surface area contributed by atoms with Crippen LogP contribution in [0.1, 0.15) is 0 Å². The Labute approximate surface area is 109 Å². The van der Waals surface area contributed by atoms with Crippen molar-refractivity contribution in [1.82, 2.24) is 4.98 Å². The number of para-hydroxylation sites is 2. The number of benzene rings is 2. The van der Waals surface area contributed by atoms with Crippen LogP contribution in [0.5, 0.6) is 11.5 Å². The van der Waals surface area contributed by atoms with Crippen LogP contribution < -0.4 is 10.5 Å². The molecule has 19 heavy (non-hydrogen) atoms. The molecule has 3 rings (SSSR count). The molecular weight excluding hydrogens is 243 g/mol. The van der Waals surface area contributed by atoms with Crippen LogP contribution in [0, 0.1) is 5.82 Å². The van der Waals surface area contributed by atoms with Gasteiger partial charge in [-0.1, -0.05) is 24.3 Å². The van der Waals surface area contributed by atoms with Crippen LogP contribution in [0.15, 0.2) is 54.7 Å². The smallest absolute Gasteiger partial charge is 0.153 e. The van der Waals surface area contributed by atoms with Crippen LogP contribution in [-0.2, 0) is 0 Å². The minimum atomic E-state index is -0.494. The van der Waals surface area contributed by atoms with Gasteiger partial charge in [-0.15, -0.1) is 0 Å².